The van der Waals surface area contributed by atoms with Crippen LogP contribution in [0.4, 0.5) is 10.5 Å². The van der Waals surface area contributed by atoms with Crippen LogP contribution in [0.2, 0.25) is 0 Å². The van der Waals surface area contributed by atoms with E-state index in [0.29, 0.717) is 0 Å². The second kappa shape index (κ2) is 7.06. The zero-order chi connectivity index (χ0) is 18.0. The third-order valence-electron chi connectivity index (χ3n) is 4.42. The van der Waals surface area contributed by atoms with E-state index in [1.807, 2.05) is 32.9 Å². The Bertz CT molecular complexity index is 740. The Hall–Kier alpha value is -2.05. The zero-order valence-corrected chi connectivity index (χ0v) is 15.2. The maximum atomic E-state index is 12.3. The lowest BCUT2D eigenvalue weighted by Crippen LogP contribution is -2.47. The van der Waals surface area contributed by atoms with Crippen molar-refractivity contribution >= 4 is 22.7 Å². The van der Waals surface area contributed by atoms with Gasteiger partial charge in [-0.1, -0.05) is 0 Å². The van der Waals surface area contributed by atoms with E-state index in [-0.39, 0.29) is 12.7 Å². The van der Waals surface area contributed by atoms with Gasteiger partial charge in [0.1, 0.15) is 5.60 Å². The Kier molecular flexibility index (Phi) is 5.01. The molecule has 0 saturated carbocycles. The van der Waals surface area contributed by atoms with E-state index >= 15 is 0 Å². The monoisotopic (exact) mass is 345 g/mol. The Balaban J connectivity index is 1.75. The molecule has 2 aromatic rings. The molecule has 0 radical (unpaired) electrons. The van der Waals surface area contributed by atoms with Crippen LogP contribution in [0, 0.1) is 0 Å². The molecule has 2 heterocycles. The van der Waals surface area contributed by atoms with Gasteiger partial charge in [0.15, 0.2) is 0 Å². The van der Waals surface area contributed by atoms with Gasteiger partial charge in [-0.15, -0.1) is 0 Å². The molecular formula is C19H27N3O3. The molecule has 1 aromatic carbocycles. The van der Waals surface area contributed by atoms with Gasteiger partial charge in [0.25, 0.3) is 0 Å². The highest BCUT2D eigenvalue weighted by Crippen LogP contribution is 2.25. The molecule has 0 atom stereocenters. The molecule has 0 aliphatic carbocycles. The van der Waals surface area contributed by atoms with Crippen LogP contribution in [0.25, 0.3) is 10.9 Å². The quantitative estimate of drug-likeness (QED) is 0.926. The molecule has 0 unspecified atom stereocenters. The number of β-amino-alcohol motifs (C(OH)–C–C–N with tert-alkyl or cyclic N) is 1. The molecule has 1 fully saturated rings. The summed E-state index contributed by atoms with van der Waals surface area (Å²) in [6.07, 6.45) is 1.41. The van der Waals surface area contributed by atoms with Crippen LogP contribution in [-0.2, 0) is 4.74 Å². The first-order valence-electron chi connectivity index (χ1n) is 8.80. The molecule has 1 N–H and O–H groups in total. The van der Waals surface area contributed by atoms with Crippen molar-refractivity contribution in [1.29, 1.82) is 0 Å². The minimum Gasteiger partial charge on any atom is -0.443 e. The van der Waals surface area contributed by atoms with Crippen molar-refractivity contribution in [1.82, 2.24) is 9.47 Å². The average molecular weight is 345 g/mol. The summed E-state index contributed by atoms with van der Waals surface area (Å²) in [5, 5.41) is 10.1. The topological polar surface area (TPSA) is 57.9 Å². The molecule has 6 heteroatoms. The first kappa shape index (κ1) is 17.8. The Morgan fingerprint density at radius 2 is 1.88 bits per heavy atom. The largest absolute Gasteiger partial charge is 0.443 e. The normalized spacial score (nSPS) is 16.4. The SMILES string of the molecule is CC(C)(C)OC(=O)n1ccc2cc(N3CCN(CCO)CC3)ccc21. The number of aliphatic hydroxyl groups excluding tert-OH is 1. The van der Waals surface area contributed by atoms with Crippen molar-refractivity contribution in [2.75, 3.05) is 44.2 Å². The fourth-order valence-corrected chi connectivity index (χ4v) is 3.17. The Morgan fingerprint density at radius 3 is 2.52 bits per heavy atom. The summed E-state index contributed by atoms with van der Waals surface area (Å²) in [4.78, 5) is 16.9. The van der Waals surface area contributed by atoms with Crippen molar-refractivity contribution < 1.29 is 14.6 Å². The summed E-state index contributed by atoms with van der Waals surface area (Å²) < 4.78 is 7.02. The second-order valence-electron chi connectivity index (χ2n) is 7.46. The molecular weight excluding hydrogens is 318 g/mol. The van der Waals surface area contributed by atoms with Gasteiger partial charge in [0, 0.05) is 50.0 Å². The Labute approximate surface area is 148 Å². The van der Waals surface area contributed by atoms with Crippen LogP contribution in [0.1, 0.15) is 20.8 Å². The summed E-state index contributed by atoms with van der Waals surface area (Å²) in [5.41, 5.74) is 1.51. The standard InChI is InChI=1S/C19H27N3O3/c1-19(2,3)25-18(24)22-7-6-15-14-16(4-5-17(15)22)21-10-8-20(9-11-21)12-13-23/h4-7,14,23H,8-13H2,1-3H3. The molecule has 136 valence electrons. The van der Waals surface area contributed by atoms with Crippen molar-refractivity contribution in [3.63, 3.8) is 0 Å². The minimum absolute atomic E-state index is 0.212. The number of aromatic nitrogens is 1. The highest BCUT2D eigenvalue weighted by atomic mass is 16.6. The van der Waals surface area contributed by atoms with E-state index in [9.17, 15) is 4.79 Å². The van der Waals surface area contributed by atoms with Gasteiger partial charge >= 0.3 is 6.09 Å². The van der Waals surface area contributed by atoms with E-state index in [1.54, 1.807) is 10.8 Å². The fourth-order valence-electron chi connectivity index (χ4n) is 3.17. The highest BCUT2D eigenvalue weighted by molar-refractivity contribution is 5.91. The highest BCUT2D eigenvalue weighted by Gasteiger charge is 2.20. The summed E-state index contributed by atoms with van der Waals surface area (Å²) in [7, 11) is 0. The number of anilines is 1. The average Bonchev–Trinajstić information content (AvgIpc) is 2.97. The lowest BCUT2D eigenvalue weighted by molar-refractivity contribution is 0.0544. The summed E-state index contributed by atoms with van der Waals surface area (Å²) >= 11 is 0. The van der Waals surface area contributed by atoms with Gasteiger partial charge < -0.3 is 14.7 Å². The predicted molar refractivity (Wildman–Crippen MR) is 99.3 cm³/mol. The molecule has 3 rings (SSSR count). The number of aliphatic hydroxyl groups is 1. The van der Waals surface area contributed by atoms with E-state index in [4.69, 9.17) is 9.84 Å². The van der Waals surface area contributed by atoms with E-state index in [1.165, 1.54) is 0 Å². The van der Waals surface area contributed by atoms with Crippen LogP contribution in [0.5, 0.6) is 0 Å². The lowest BCUT2D eigenvalue weighted by Gasteiger charge is -2.35. The van der Waals surface area contributed by atoms with Gasteiger partial charge in [-0.3, -0.25) is 9.47 Å². The van der Waals surface area contributed by atoms with E-state index in [2.05, 4.69) is 21.9 Å². The van der Waals surface area contributed by atoms with Crippen molar-refractivity contribution in [2.45, 2.75) is 26.4 Å². The van der Waals surface area contributed by atoms with Crippen LogP contribution in [-0.4, -0.2) is 65.6 Å². The number of hydrogen-bond donors (Lipinski definition) is 1. The number of ether oxygens (including phenoxy) is 1. The fraction of sp³-hybridized carbons (Fsp3) is 0.526. The molecule has 1 aliphatic heterocycles. The van der Waals surface area contributed by atoms with E-state index < -0.39 is 5.60 Å². The van der Waals surface area contributed by atoms with Crippen molar-refractivity contribution in [3.05, 3.63) is 30.5 Å². The van der Waals surface area contributed by atoms with E-state index in [0.717, 1.165) is 49.3 Å². The summed E-state index contributed by atoms with van der Waals surface area (Å²) in [6, 6.07) is 8.11. The number of rotatable bonds is 3. The molecule has 1 aliphatic rings. The van der Waals surface area contributed by atoms with Crippen LogP contribution in [0.3, 0.4) is 0 Å². The van der Waals surface area contributed by atoms with Crippen LogP contribution >= 0.6 is 0 Å². The van der Waals surface area contributed by atoms with Gasteiger partial charge in [-0.25, -0.2) is 4.79 Å². The summed E-state index contributed by atoms with van der Waals surface area (Å²) in [5.74, 6) is 0. The van der Waals surface area contributed by atoms with Gasteiger partial charge in [0.2, 0.25) is 0 Å². The number of hydrogen-bond acceptors (Lipinski definition) is 5. The second-order valence-corrected chi connectivity index (χ2v) is 7.46. The van der Waals surface area contributed by atoms with Crippen molar-refractivity contribution in [3.8, 4) is 0 Å². The molecule has 1 aromatic heterocycles. The summed E-state index contributed by atoms with van der Waals surface area (Å²) in [6.45, 7) is 10.3. The molecule has 0 bridgehead atoms. The smallest absolute Gasteiger partial charge is 0.418 e. The number of carbonyl (C=O) groups is 1. The first-order chi connectivity index (χ1) is 11.9. The third-order valence-corrected chi connectivity index (χ3v) is 4.42. The van der Waals surface area contributed by atoms with Gasteiger partial charge in [-0.05, 0) is 45.0 Å². The predicted octanol–water partition coefficient (Wildman–Crippen LogP) is 2.54. The first-order valence-corrected chi connectivity index (χ1v) is 8.80. The molecule has 25 heavy (non-hydrogen) atoms. The number of fused-ring (bicyclic) bond motifs is 1. The number of nitrogens with zero attached hydrogens (tertiary/aromatic N) is 3. The lowest BCUT2D eigenvalue weighted by atomic mass is 10.2. The maximum absolute atomic E-state index is 12.3. The molecule has 1 saturated heterocycles. The number of benzene rings is 1. The van der Waals surface area contributed by atoms with Crippen LogP contribution in [0.15, 0.2) is 30.5 Å². The number of carbonyl (C=O) groups excluding carboxylic acids is 1. The number of piperazine rings is 1. The third kappa shape index (κ3) is 4.14. The van der Waals surface area contributed by atoms with Gasteiger partial charge in [0.05, 0.1) is 12.1 Å². The van der Waals surface area contributed by atoms with Gasteiger partial charge in [-0.2, -0.15) is 0 Å². The molecule has 0 amide bonds. The molecule has 0 spiro atoms. The zero-order valence-electron chi connectivity index (χ0n) is 15.2. The maximum Gasteiger partial charge on any atom is 0.418 e. The Morgan fingerprint density at radius 1 is 1.16 bits per heavy atom. The molecule has 6 nitrogen and oxygen atoms in total. The van der Waals surface area contributed by atoms with Crippen LogP contribution < -0.4 is 4.90 Å². The van der Waals surface area contributed by atoms with Crippen molar-refractivity contribution in [2.24, 2.45) is 0 Å². The minimum atomic E-state index is -0.512.